The molecule has 2 heterocycles. The molecule has 2 aliphatic rings. The van der Waals surface area contributed by atoms with Crippen LogP contribution in [0.2, 0.25) is 0 Å². The summed E-state index contributed by atoms with van der Waals surface area (Å²) in [4.78, 5) is 3.96. The van der Waals surface area contributed by atoms with Crippen LogP contribution >= 0.6 is 11.8 Å². The van der Waals surface area contributed by atoms with Crippen molar-refractivity contribution in [3.63, 3.8) is 0 Å². The van der Waals surface area contributed by atoms with Crippen molar-refractivity contribution in [1.82, 2.24) is 4.31 Å². The zero-order valence-electron chi connectivity index (χ0n) is 17.6. The van der Waals surface area contributed by atoms with Gasteiger partial charge in [0.25, 0.3) is 0 Å². The first-order valence-corrected chi connectivity index (χ1v) is 13.1. The number of para-hydroxylation sites is 2. The van der Waals surface area contributed by atoms with Crippen LogP contribution in [0, 0.1) is 6.92 Å². The monoisotopic (exact) mass is 450 g/mol. The Labute approximate surface area is 188 Å². The number of hydrogen-bond acceptors (Lipinski definition) is 4. The summed E-state index contributed by atoms with van der Waals surface area (Å²) in [6.45, 7) is 3.20. The first-order chi connectivity index (χ1) is 15.0. The summed E-state index contributed by atoms with van der Waals surface area (Å²) in [5, 5.41) is 0. The predicted octanol–water partition coefficient (Wildman–Crippen LogP) is 5.59. The summed E-state index contributed by atoms with van der Waals surface area (Å²) in [7, 11) is -3.52. The van der Waals surface area contributed by atoms with E-state index in [1.807, 2.05) is 30.8 Å². The molecule has 3 aromatic rings. The van der Waals surface area contributed by atoms with Gasteiger partial charge in [0.15, 0.2) is 0 Å². The molecule has 1 saturated heterocycles. The molecule has 0 spiro atoms. The topological polar surface area (TPSA) is 40.6 Å². The van der Waals surface area contributed by atoms with Gasteiger partial charge in [0.05, 0.1) is 10.6 Å². The maximum Gasteiger partial charge on any atom is 0.243 e. The summed E-state index contributed by atoms with van der Waals surface area (Å²) >= 11 is 1.84. The van der Waals surface area contributed by atoms with E-state index >= 15 is 0 Å². The summed E-state index contributed by atoms with van der Waals surface area (Å²) in [5.74, 6) is 0.916. The molecule has 6 heteroatoms. The quantitative estimate of drug-likeness (QED) is 0.519. The number of anilines is 2. The number of fused-ring (bicyclic) bond motifs is 2. The van der Waals surface area contributed by atoms with Gasteiger partial charge in [0.2, 0.25) is 10.0 Å². The van der Waals surface area contributed by atoms with Gasteiger partial charge in [-0.2, -0.15) is 4.31 Å². The number of nitrogens with zero attached hydrogens (tertiary/aromatic N) is 2. The van der Waals surface area contributed by atoms with Gasteiger partial charge in [-0.05, 0) is 55.7 Å². The summed E-state index contributed by atoms with van der Waals surface area (Å²) in [5.41, 5.74) is 4.69. The van der Waals surface area contributed by atoms with Crippen LogP contribution in [0.3, 0.4) is 0 Å². The summed E-state index contributed by atoms with van der Waals surface area (Å²) in [6.07, 6.45) is 1.76. The molecule has 1 fully saturated rings. The average molecular weight is 451 g/mol. The van der Waals surface area contributed by atoms with Crippen molar-refractivity contribution in [3.8, 4) is 0 Å². The third kappa shape index (κ3) is 3.88. The Morgan fingerprint density at radius 2 is 1.65 bits per heavy atom. The van der Waals surface area contributed by atoms with Gasteiger partial charge in [-0.15, -0.1) is 11.8 Å². The molecule has 2 aliphatic heterocycles. The van der Waals surface area contributed by atoms with Crippen molar-refractivity contribution >= 4 is 33.2 Å². The molecule has 3 aromatic carbocycles. The molecule has 0 saturated carbocycles. The minimum Gasteiger partial charge on any atom is -0.339 e. The van der Waals surface area contributed by atoms with Crippen LogP contribution < -0.4 is 4.90 Å². The Hall–Kier alpha value is -2.28. The number of benzene rings is 3. The number of rotatable bonds is 4. The lowest BCUT2D eigenvalue weighted by Crippen LogP contribution is -2.42. The van der Waals surface area contributed by atoms with Crippen LogP contribution in [0.4, 0.5) is 11.4 Å². The maximum atomic E-state index is 13.5. The van der Waals surface area contributed by atoms with E-state index in [0.717, 1.165) is 29.8 Å². The molecule has 0 bridgehead atoms. The number of hydrogen-bond donors (Lipinski definition) is 0. The minimum atomic E-state index is -3.52. The Bertz CT molecular complexity index is 1140. The van der Waals surface area contributed by atoms with Crippen molar-refractivity contribution in [1.29, 1.82) is 0 Å². The molecule has 0 aliphatic carbocycles. The standard InChI is InChI=1S/C25H26N2O2S2/c1-19-12-14-22(15-13-19)31(28,29)27-16-6-8-21(27)17-26-23-9-3-2-7-20(23)18-30-25-11-5-4-10-24(25)26/h2-5,7,9-15,21H,6,8,16-18H2,1H3. The fraction of sp³-hybridized carbons (Fsp3) is 0.280. The van der Waals surface area contributed by atoms with Crippen molar-refractivity contribution in [2.24, 2.45) is 0 Å². The second-order valence-electron chi connectivity index (χ2n) is 8.22. The lowest BCUT2D eigenvalue weighted by molar-refractivity contribution is 0.391. The van der Waals surface area contributed by atoms with Crippen LogP contribution in [0.15, 0.2) is 82.6 Å². The molecule has 160 valence electrons. The van der Waals surface area contributed by atoms with Crippen LogP contribution in [0.5, 0.6) is 0 Å². The van der Waals surface area contributed by atoms with Crippen molar-refractivity contribution in [2.45, 2.75) is 41.4 Å². The highest BCUT2D eigenvalue weighted by Crippen LogP contribution is 2.43. The molecule has 1 atom stereocenters. The van der Waals surface area contributed by atoms with Gasteiger partial charge in [0.1, 0.15) is 0 Å². The van der Waals surface area contributed by atoms with Crippen molar-refractivity contribution in [3.05, 3.63) is 83.9 Å². The second kappa shape index (κ2) is 8.34. The molecular weight excluding hydrogens is 424 g/mol. The zero-order chi connectivity index (χ0) is 21.4. The second-order valence-corrected chi connectivity index (χ2v) is 11.1. The van der Waals surface area contributed by atoms with Crippen LogP contribution in [-0.4, -0.2) is 31.9 Å². The predicted molar refractivity (Wildman–Crippen MR) is 128 cm³/mol. The molecule has 0 radical (unpaired) electrons. The van der Waals surface area contributed by atoms with Crippen LogP contribution in [-0.2, 0) is 15.8 Å². The van der Waals surface area contributed by atoms with E-state index in [9.17, 15) is 8.42 Å². The Morgan fingerprint density at radius 3 is 2.45 bits per heavy atom. The number of sulfonamides is 1. The van der Waals surface area contributed by atoms with Crippen LogP contribution in [0.1, 0.15) is 24.0 Å². The largest absolute Gasteiger partial charge is 0.339 e. The highest BCUT2D eigenvalue weighted by Gasteiger charge is 2.37. The molecule has 31 heavy (non-hydrogen) atoms. The van der Waals surface area contributed by atoms with Crippen LogP contribution in [0.25, 0.3) is 0 Å². The van der Waals surface area contributed by atoms with E-state index in [0.29, 0.717) is 18.0 Å². The fourth-order valence-electron chi connectivity index (χ4n) is 4.54. The normalized spacial score (nSPS) is 19.0. The highest BCUT2D eigenvalue weighted by atomic mass is 32.2. The van der Waals surface area contributed by atoms with Crippen molar-refractivity contribution in [2.75, 3.05) is 18.0 Å². The molecule has 0 N–H and O–H groups in total. The van der Waals surface area contributed by atoms with Gasteiger partial charge in [-0.25, -0.2) is 8.42 Å². The fourth-order valence-corrected chi connectivity index (χ4v) is 7.29. The minimum absolute atomic E-state index is 0.0597. The smallest absolute Gasteiger partial charge is 0.243 e. The lowest BCUT2D eigenvalue weighted by atomic mass is 10.1. The average Bonchev–Trinajstić information content (AvgIpc) is 3.20. The first-order valence-electron chi connectivity index (χ1n) is 10.7. The van der Waals surface area contributed by atoms with Gasteiger partial charge in [-0.3, -0.25) is 0 Å². The van der Waals surface area contributed by atoms with E-state index in [2.05, 4.69) is 53.4 Å². The van der Waals surface area contributed by atoms with Gasteiger partial charge < -0.3 is 4.90 Å². The highest BCUT2D eigenvalue weighted by molar-refractivity contribution is 7.98. The third-order valence-corrected chi connectivity index (χ3v) is 9.24. The van der Waals surface area contributed by atoms with Gasteiger partial charge in [0, 0.05) is 35.5 Å². The van der Waals surface area contributed by atoms with E-state index < -0.39 is 10.0 Å². The third-order valence-electron chi connectivity index (χ3n) is 6.17. The molecule has 5 rings (SSSR count). The number of aryl methyl sites for hydroxylation is 1. The van der Waals surface area contributed by atoms with E-state index in [1.165, 1.54) is 16.1 Å². The Morgan fingerprint density at radius 1 is 0.935 bits per heavy atom. The summed E-state index contributed by atoms with van der Waals surface area (Å²) in [6, 6.07) is 24.1. The van der Waals surface area contributed by atoms with Crippen molar-refractivity contribution < 1.29 is 8.42 Å². The van der Waals surface area contributed by atoms with Gasteiger partial charge in [-0.1, -0.05) is 48.0 Å². The van der Waals surface area contributed by atoms with E-state index in [-0.39, 0.29) is 6.04 Å². The molecular formula is C25H26N2O2S2. The molecule has 1 unspecified atom stereocenters. The lowest BCUT2D eigenvalue weighted by Gasteiger charge is -2.32. The molecule has 0 aromatic heterocycles. The Kier molecular flexibility index (Phi) is 5.54. The maximum absolute atomic E-state index is 13.5. The first kappa shape index (κ1) is 20.6. The number of thioether (sulfide) groups is 1. The van der Waals surface area contributed by atoms with E-state index in [4.69, 9.17) is 0 Å². The zero-order valence-corrected chi connectivity index (χ0v) is 19.2. The molecule has 4 nitrogen and oxygen atoms in total. The summed E-state index contributed by atoms with van der Waals surface area (Å²) < 4.78 is 28.6. The van der Waals surface area contributed by atoms with Gasteiger partial charge >= 0.3 is 0 Å². The van der Waals surface area contributed by atoms with E-state index in [1.54, 1.807) is 16.4 Å². The SMILES string of the molecule is Cc1ccc(S(=O)(=O)N2CCCC2CN2c3ccccc3CSc3ccccc32)cc1. The molecule has 0 amide bonds. The Balaban J connectivity index is 1.51.